The lowest BCUT2D eigenvalue weighted by molar-refractivity contribution is 0.102. The van der Waals surface area contributed by atoms with Gasteiger partial charge in [-0.15, -0.1) is 11.3 Å². The molecular formula is C21H28N2O2S. The Balaban J connectivity index is 1.74. The van der Waals surface area contributed by atoms with Crippen molar-refractivity contribution < 1.29 is 9.53 Å². The zero-order valence-corrected chi connectivity index (χ0v) is 16.9. The first-order valence-corrected chi connectivity index (χ1v) is 10.1. The highest BCUT2D eigenvalue weighted by Crippen LogP contribution is 2.34. The number of carbonyl (C=O) groups excluding carboxylic acids is 1. The van der Waals surface area contributed by atoms with Gasteiger partial charge < -0.3 is 10.1 Å². The molecule has 0 atom stereocenters. The Morgan fingerprint density at radius 3 is 2.50 bits per heavy atom. The maximum atomic E-state index is 12.7. The van der Waals surface area contributed by atoms with Crippen molar-refractivity contribution >= 4 is 22.2 Å². The lowest BCUT2D eigenvalue weighted by atomic mass is 9.98. The second kappa shape index (κ2) is 8.23. The zero-order chi connectivity index (χ0) is 18.7. The van der Waals surface area contributed by atoms with Crippen molar-refractivity contribution in [2.75, 3.05) is 25.5 Å². The molecule has 140 valence electrons. The number of methoxy groups -OCH3 is 1. The van der Waals surface area contributed by atoms with Crippen LogP contribution in [0.25, 0.3) is 0 Å². The van der Waals surface area contributed by atoms with E-state index < -0.39 is 0 Å². The van der Waals surface area contributed by atoms with Crippen LogP contribution in [0, 0.1) is 19.8 Å². The fourth-order valence-electron chi connectivity index (χ4n) is 3.33. The maximum Gasteiger partial charge on any atom is 0.256 e. The highest BCUT2D eigenvalue weighted by molar-refractivity contribution is 7.16. The van der Waals surface area contributed by atoms with Crippen molar-refractivity contribution in [2.45, 2.75) is 40.2 Å². The summed E-state index contributed by atoms with van der Waals surface area (Å²) >= 11 is 1.68. The third kappa shape index (κ3) is 4.27. The van der Waals surface area contributed by atoms with Gasteiger partial charge >= 0.3 is 0 Å². The third-order valence-electron chi connectivity index (χ3n) is 5.35. The van der Waals surface area contributed by atoms with E-state index in [9.17, 15) is 4.79 Å². The number of carbonyl (C=O) groups is 1. The van der Waals surface area contributed by atoms with Gasteiger partial charge in [-0.3, -0.25) is 9.69 Å². The lowest BCUT2D eigenvalue weighted by Gasteiger charge is -2.30. The molecule has 1 saturated heterocycles. The van der Waals surface area contributed by atoms with Gasteiger partial charge in [0.15, 0.2) is 0 Å². The Hall–Kier alpha value is -1.85. The minimum atomic E-state index is -0.0672. The Morgan fingerprint density at radius 1 is 1.23 bits per heavy atom. The molecule has 1 aliphatic heterocycles. The molecule has 26 heavy (non-hydrogen) atoms. The summed E-state index contributed by atoms with van der Waals surface area (Å²) in [5.74, 6) is 1.51. The molecule has 0 spiro atoms. The Kier molecular flexibility index (Phi) is 5.99. The molecule has 1 aliphatic rings. The average Bonchev–Trinajstić information content (AvgIpc) is 2.91. The number of likely N-dealkylation sites (tertiary alicyclic amines) is 1. The lowest BCUT2D eigenvalue weighted by Crippen LogP contribution is -2.32. The topological polar surface area (TPSA) is 41.6 Å². The highest BCUT2D eigenvalue weighted by atomic mass is 32.1. The average molecular weight is 373 g/mol. The van der Waals surface area contributed by atoms with E-state index in [0.29, 0.717) is 5.56 Å². The highest BCUT2D eigenvalue weighted by Gasteiger charge is 2.21. The molecule has 1 fully saturated rings. The molecule has 0 radical (unpaired) electrons. The van der Waals surface area contributed by atoms with Gasteiger partial charge in [-0.05, 0) is 75.5 Å². The number of amides is 1. The van der Waals surface area contributed by atoms with E-state index in [2.05, 4.69) is 31.0 Å². The zero-order valence-electron chi connectivity index (χ0n) is 16.1. The first-order valence-electron chi connectivity index (χ1n) is 9.24. The molecule has 3 rings (SSSR count). The van der Waals surface area contributed by atoms with Crippen molar-refractivity contribution in [3.05, 3.63) is 45.8 Å². The summed E-state index contributed by atoms with van der Waals surface area (Å²) in [6.07, 6.45) is 2.52. The van der Waals surface area contributed by atoms with Gasteiger partial charge in [0.1, 0.15) is 10.8 Å². The van der Waals surface area contributed by atoms with Crippen LogP contribution in [0.3, 0.4) is 0 Å². The summed E-state index contributed by atoms with van der Waals surface area (Å²) in [7, 11) is 1.62. The molecule has 0 bridgehead atoms. The second-order valence-corrected chi connectivity index (χ2v) is 8.46. The van der Waals surface area contributed by atoms with Crippen LogP contribution in [-0.2, 0) is 6.54 Å². The van der Waals surface area contributed by atoms with Crippen LogP contribution in [0.5, 0.6) is 5.75 Å². The van der Waals surface area contributed by atoms with E-state index in [1.807, 2.05) is 12.1 Å². The number of ether oxygens (including phenoxy) is 1. The molecule has 1 amide bonds. The molecule has 1 aromatic carbocycles. The maximum absolute atomic E-state index is 12.7. The smallest absolute Gasteiger partial charge is 0.256 e. The van der Waals surface area contributed by atoms with Crippen LogP contribution >= 0.6 is 11.3 Å². The molecule has 4 nitrogen and oxygen atoms in total. The Morgan fingerprint density at radius 2 is 1.88 bits per heavy atom. The summed E-state index contributed by atoms with van der Waals surface area (Å²) in [6, 6.07) is 7.23. The monoisotopic (exact) mass is 372 g/mol. The number of nitrogens with zero attached hydrogens (tertiary/aromatic N) is 1. The number of thiophene rings is 1. The summed E-state index contributed by atoms with van der Waals surface area (Å²) in [5, 5.41) is 4.12. The van der Waals surface area contributed by atoms with Crippen LogP contribution < -0.4 is 10.1 Å². The van der Waals surface area contributed by atoms with Crippen molar-refractivity contribution in [1.82, 2.24) is 4.90 Å². The summed E-state index contributed by atoms with van der Waals surface area (Å²) in [4.78, 5) is 16.4. The first-order chi connectivity index (χ1) is 12.5. The number of hydrogen-bond acceptors (Lipinski definition) is 4. The number of benzene rings is 1. The molecular weight excluding hydrogens is 344 g/mol. The predicted molar refractivity (Wildman–Crippen MR) is 108 cm³/mol. The van der Waals surface area contributed by atoms with Gasteiger partial charge in [0.25, 0.3) is 5.91 Å². The van der Waals surface area contributed by atoms with E-state index in [-0.39, 0.29) is 5.91 Å². The Labute approximate surface area is 160 Å². The number of hydrogen-bond donors (Lipinski definition) is 1. The molecule has 5 heteroatoms. The van der Waals surface area contributed by atoms with Crippen LogP contribution in [-0.4, -0.2) is 31.0 Å². The number of piperidine rings is 1. The standard InChI is InChI=1S/C21H28N2O2S/c1-14-9-11-23(12-10-14)13-19-15(2)16(3)26-21(19)22-20(24)17-5-7-18(25-4)8-6-17/h5-8,14H,9-13H2,1-4H3,(H,22,24). The molecule has 0 aliphatic carbocycles. The molecule has 0 saturated carbocycles. The third-order valence-corrected chi connectivity index (χ3v) is 6.51. The number of anilines is 1. The van der Waals surface area contributed by atoms with Gasteiger partial charge in [0, 0.05) is 22.5 Å². The van der Waals surface area contributed by atoms with E-state index in [4.69, 9.17) is 4.74 Å². The van der Waals surface area contributed by atoms with Crippen LogP contribution in [0.2, 0.25) is 0 Å². The van der Waals surface area contributed by atoms with Crippen molar-refractivity contribution in [3.63, 3.8) is 0 Å². The van der Waals surface area contributed by atoms with Gasteiger partial charge in [-0.2, -0.15) is 0 Å². The van der Waals surface area contributed by atoms with Crippen LogP contribution in [0.15, 0.2) is 24.3 Å². The summed E-state index contributed by atoms with van der Waals surface area (Å²) < 4.78 is 5.16. The van der Waals surface area contributed by atoms with E-state index in [0.717, 1.165) is 36.3 Å². The fourth-order valence-corrected chi connectivity index (χ4v) is 4.39. The van der Waals surface area contributed by atoms with Gasteiger partial charge in [-0.25, -0.2) is 0 Å². The van der Waals surface area contributed by atoms with Crippen LogP contribution in [0.4, 0.5) is 5.00 Å². The quantitative estimate of drug-likeness (QED) is 0.815. The van der Waals surface area contributed by atoms with Crippen molar-refractivity contribution in [1.29, 1.82) is 0 Å². The largest absolute Gasteiger partial charge is 0.497 e. The molecule has 1 N–H and O–H groups in total. The van der Waals surface area contributed by atoms with Gasteiger partial charge in [0.05, 0.1) is 7.11 Å². The summed E-state index contributed by atoms with van der Waals surface area (Å²) in [6.45, 7) is 9.82. The molecule has 0 unspecified atom stereocenters. The minimum absolute atomic E-state index is 0.0672. The van der Waals surface area contributed by atoms with Crippen LogP contribution in [0.1, 0.15) is 46.1 Å². The van der Waals surface area contributed by atoms with Crippen molar-refractivity contribution in [3.8, 4) is 5.75 Å². The van der Waals surface area contributed by atoms with E-state index in [1.54, 1.807) is 30.6 Å². The number of rotatable bonds is 5. The molecule has 2 heterocycles. The Bertz CT molecular complexity index is 759. The second-order valence-electron chi connectivity index (χ2n) is 7.23. The van der Waals surface area contributed by atoms with Crippen molar-refractivity contribution in [2.24, 2.45) is 5.92 Å². The first kappa shape index (κ1) is 18.9. The molecule has 2 aromatic rings. The van der Waals surface area contributed by atoms with E-state index in [1.165, 1.54) is 28.8 Å². The van der Waals surface area contributed by atoms with Gasteiger partial charge in [0.2, 0.25) is 0 Å². The SMILES string of the molecule is COc1ccc(C(=O)Nc2sc(C)c(C)c2CN2CCC(C)CC2)cc1. The normalized spacial score (nSPS) is 15.8. The molecule has 1 aromatic heterocycles. The van der Waals surface area contributed by atoms with E-state index >= 15 is 0 Å². The number of nitrogens with one attached hydrogen (secondary N) is 1. The minimum Gasteiger partial charge on any atom is -0.497 e. The number of aryl methyl sites for hydroxylation is 1. The fraction of sp³-hybridized carbons (Fsp3) is 0.476. The van der Waals surface area contributed by atoms with Gasteiger partial charge in [-0.1, -0.05) is 6.92 Å². The summed E-state index contributed by atoms with van der Waals surface area (Å²) in [5.41, 5.74) is 3.22. The predicted octanol–water partition coefficient (Wildman–Crippen LogP) is 4.86.